The van der Waals surface area contributed by atoms with Gasteiger partial charge in [0.15, 0.2) is 5.96 Å². The fraction of sp³-hybridized carbons (Fsp3) is 0.947. The van der Waals surface area contributed by atoms with Gasteiger partial charge in [-0.2, -0.15) is 0 Å². The lowest BCUT2D eigenvalue weighted by Gasteiger charge is -2.26. The zero-order valence-electron chi connectivity index (χ0n) is 15.7. The first-order valence-corrected chi connectivity index (χ1v) is 9.96. The number of nitrogens with zero attached hydrogens (tertiary/aromatic N) is 3. The molecular formula is C19H37IN4. The average molecular weight is 448 g/mol. The van der Waals surface area contributed by atoms with E-state index in [-0.39, 0.29) is 24.0 Å². The van der Waals surface area contributed by atoms with E-state index in [0.29, 0.717) is 11.3 Å². The van der Waals surface area contributed by atoms with Crippen LogP contribution in [0.25, 0.3) is 0 Å². The first kappa shape index (κ1) is 20.3. The third-order valence-corrected chi connectivity index (χ3v) is 6.06. The number of guanidine groups is 1. The van der Waals surface area contributed by atoms with Crippen LogP contribution in [0.1, 0.15) is 58.8 Å². The molecule has 1 aliphatic carbocycles. The van der Waals surface area contributed by atoms with Gasteiger partial charge in [0.05, 0.1) is 0 Å². The summed E-state index contributed by atoms with van der Waals surface area (Å²) in [5, 5.41) is 3.54. The SMILES string of the molecule is CCNC(=NCC(C)CN1CCCC1)N1CCC2(CCCC2)C1.I. The number of rotatable bonds is 5. The molecule has 0 amide bonds. The Morgan fingerprint density at radius 2 is 1.79 bits per heavy atom. The molecule has 2 heterocycles. The second kappa shape index (κ2) is 9.60. The summed E-state index contributed by atoms with van der Waals surface area (Å²) in [5.41, 5.74) is 0.622. The summed E-state index contributed by atoms with van der Waals surface area (Å²) in [4.78, 5) is 10.1. The van der Waals surface area contributed by atoms with Gasteiger partial charge < -0.3 is 15.1 Å². The van der Waals surface area contributed by atoms with Gasteiger partial charge in [0.1, 0.15) is 0 Å². The van der Waals surface area contributed by atoms with Crippen molar-refractivity contribution >= 4 is 29.9 Å². The van der Waals surface area contributed by atoms with Crippen LogP contribution >= 0.6 is 24.0 Å². The van der Waals surface area contributed by atoms with Crippen LogP contribution in [0.4, 0.5) is 0 Å². The Kier molecular flexibility index (Phi) is 8.11. The Hall–Kier alpha value is -0.0400. The molecule has 0 aromatic carbocycles. The van der Waals surface area contributed by atoms with E-state index in [1.807, 2.05) is 0 Å². The van der Waals surface area contributed by atoms with Crippen molar-refractivity contribution in [2.75, 3.05) is 45.8 Å². The normalized spacial score (nSPS) is 25.2. The lowest BCUT2D eigenvalue weighted by molar-refractivity contribution is 0.290. The maximum absolute atomic E-state index is 5.00. The van der Waals surface area contributed by atoms with Crippen molar-refractivity contribution in [1.82, 2.24) is 15.1 Å². The van der Waals surface area contributed by atoms with Crippen LogP contribution < -0.4 is 5.32 Å². The van der Waals surface area contributed by atoms with E-state index in [1.54, 1.807) is 0 Å². The summed E-state index contributed by atoms with van der Waals surface area (Å²) in [7, 11) is 0. The maximum Gasteiger partial charge on any atom is 0.193 e. The average Bonchev–Trinajstić information content (AvgIpc) is 3.28. The monoisotopic (exact) mass is 448 g/mol. The molecular weight excluding hydrogens is 411 g/mol. The van der Waals surface area contributed by atoms with Crippen molar-refractivity contribution in [1.29, 1.82) is 0 Å². The van der Waals surface area contributed by atoms with Crippen molar-refractivity contribution in [3.05, 3.63) is 0 Å². The molecule has 1 N–H and O–H groups in total. The Morgan fingerprint density at radius 1 is 1.08 bits per heavy atom. The van der Waals surface area contributed by atoms with Crippen LogP contribution in [0, 0.1) is 11.3 Å². The molecule has 0 radical (unpaired) electrons. The molecule has 0 aromatic heterocycles. The van der Waals surface area contributed by atoms with Gasteiger partial charge in [0, 0.05) is 32.7 Å². The third kappa shape index (κ3) is 5.23. The summed E-state index contributed by atoms with van der Waals surface area (Å²) in [6.45, 7) is 12.7. The minimum atomic E-state index is 0. The van der Waals surface area contributed by atoms with Crippen LogP contribution in [0.2, 0.25) is 0 Å². The van der Waals surface area contributed by atoms with Gasteiger partial charge in [-0.25, -0.2) is 0 Å². The molecule has 1 atom stereocenters. The summed E-state index contributed by atoms with van der Waals surface area (Å²) in [5.74, 6) is 1.83. The van der Waals surface area contributed by atoms with Gasteiger partial charge in [-0.1, -0.05) is 19.8 Å². The standard InChI is InChI=1S/C19H36N4.HI/c1-3-20-18(21-14-17(2)15-22-11-6-7-12-22)23-13-10-19(16-23)8-4-5-9-19;/h17H,3-16H2,1-2H3,(H,20,21);1H. The van der Waals surface area contributed by atoms with E-state index < -0.39 is 0 Å². The van der Waals surface area contributed by atoms with Gasteiger partial charge in [-0.05, 0) is 63.5 Å². The number of halogens is 1. The fourth-order valence-electron chi connectivity index (χ4n) is 4.78. The van der Waals surface area contributed by atoms with Gasteiger partial charge in [0.25, 0.3) is 0 Å². The van der Waals surface area contributed by atoms with E-state index in [9.17, 15) is 0 Å². The number of hydrogen-bond acceptors (Lipinski definition) is 2. The van der Waals surface area contributed by atoms with Crippen LogP contribution in [0.5, 0.6) is 0 Å². The zero-order chi connectivity index (χ0) is 16.1. The van der Waals surface area contributed by atoms with Gasteiger partial charge in [-0.15, -0.1) is 24.0 Å². The lowest BCUT2D eigenvalue weighted by atomic mass is 9.86. The molecule has 1 spiro atoms. The summed E-state index contributed by atoms with van der Waals surface area (Å²) >= 11 is 0. The molecule has 140 valence electrons. The number of hydrogen-bond donors (Lipinski definition) is 1. The first-order chi connectivity index (χ1) is 11.2. The third-order valence-electron chi connectivity index (χ3n) is 6.06. The highest BCUT2D eigenvalue weighted by Crippen LogP contribution is 2.45. The van der Waals surface area contributed by atoms with Crippen molar-refractivity contribution < 1.29 is 0 Å². The van der Waals surface area contributed by atoms with Crippen molar-refractivity contribution in [2.45, 2.75) is 58.8 Å². The number of likely N-dealkylation sites (tertiary alicyclic amines) is 2. The fourth-order valence-corrected chi connectivity index (χ4v) is 4.78. The van der Waals surface area contributed by atoms with E-state index in [0.717, 1.165) is 13.1 Å². The highest BCUT2D eigenvalue weighted by molar-refractivity contribution is 14.0. The van der Waals surface area contributed by atoms with E-state index >= 15 is 0 Å². The molecule has 2 aliphatic heterocycles. The van der Waals surface area contributed by atoms with Crippen LogP contribution in [-0.4, -0.2) is 61.6 Å². The molecule has 5 heteroatoms. The van der Waals surface area contributed by atoms with Crippen LogP contribution in [0.15, 0.2) is 4.99 Å². The molecule has 3 rings (SSSR count). The quantitative estimate of drug-likeness (QED) is 0.397. The summed E-state index contributed by atoms with van der Waals surface area (Å²) in [6, 6.07) is 0. The predicted octanol–water partition coefficient (Wildman–Crippen LogP) is 3.57. The topological polar surface area (TPSA) is 30.9 Å². The second-order valence-corrected chi connectivity index (χ2v) is 8.19. The van der Waals surface area contributed by atoms with Crippen molar-refractivity contribution in [3.63, 3.8) is 0 Å². The molecule has 1 unspecified atom stereocenters. The molecule has 2 saturated heterocycles. The zero-order valence-corrected chi connectivity index (χ0v) is 18.1. The summed E-state index contributed by atoms with van der Waals surface area (Å²) < 4.78 is 0. The molecule has 24 heavy (non-hydrogen) atoms. The van der Waals surface area contributed by atoms with Crippen LogP contribution in [0.3, 0.4) is 0 Å². The minimum absolute atomic E-state index is 0. The second-order valence-electron chi connectivity index (χ2n) is 8.19. The van der Waals surface area contributed by atoms with E-state index in [4.69, 9.17) is 4.99 Å². The number of aliphatic imine (C=N–C) groups is 1. The van der Waals surface area contributed by atoms with Gasteiger partial charge in [0.2, 0.25) is 0 Å². The van der Waals surface area contributed by atoms with Gasteiger partial charge in [-0.3, -0.25) is 4.99 Å². The molecule has 4 nitrogen and oxygen atoms in total. The van der Waals surface area contributed by atoms with Gasteiger partial charge >= 0.3 is 0 Å². The lowest BCUT2D eigenvalue weighted by Crippen LogP contribution is -2.41. The van der Waals surface area contributed by atoms with Crippen LogP contribution in [-0.2, 0) is 0 Å². The maximum atomic E-state index is 5.00. The van der Waals surface area contributed by atoms with Crippen molar-refractivity contribution in [2.24, 2.45) is 16.3 Å². The van der Waals surface area contributed by atoms with E-state index in [1.165, 1.54) is 83.6 Å². The Balaban J connectivity index is 0.00000208. The Bertz CT molecular complexity index is 400. The van der Waals surface area contributed by atoms with Crippen molar-refractivity contribution in [3.8, 4) is 0 Å². The number of nitrogens with one attached hydrogen (secondary N) is 1. The molecule has 0 bridgehead atoms. The van der Waals surface area contributed by atoms with E-state index in [2.05, 4.69) is 29.0 Å². The molecule has 3 fully saturated rings. The minimum Gasteiger partial charge on any atom is -0.357 e. The molecule has 0 aromatic rings. The predicted molar refractivity (Wildman–Crippen MR) is 113 cm³/mol. The smallest absolute Gasteiger partial charge is 0.193 e. The molecule has 3 aliphatic rings. The highest BCUT2D eigenvalue weighted by Gasteiger charge is 2.41. The molecule has 1 saturated carbocycles. The largest absolute Gasteiger partial charge is 0.357 e. The highest BCUT2D eigenvalue weighted by atomic mass is 127. The summed E-state index contributed by atoms with van der Waals surface area (Å²) in [6.07, 6.45) is 9.90. The first-order valence-electron chi connectivity index (χ1n) is 9.96. The Labute approximate surface area is 165 Å². The Morgan fingerprint density at radius 3 is 2.46 bits per heavy atom.